The van der Waals surface area contributed by atoms with Gasteiger partial charge in [-0.3, -0.25) is 9.59 Å². The lowest BCUT2D eigenvalue weighted by molar-refractivity contribution is 0.0920. The molecule has 0 radical (unpaired) electrons. The first kappa shape index (κ1) is 24.6. The van der Waals surface area contributed by atoms with Gasteiger partial charge in [0.15, 0.2) is 18.2 Å². The zero-order chi connectivity index (χ0) is 25.3. The fourth-order valence-corrected chi connectivity index (χ4v) is 3.90. The third-order valence-electron chi connectivity index (χ3n) is 5.90. The maximum Gasteiger partial charge on any atom is 0.235 e. The number of benzene rings is 3. The predicted octanol–water partition coefficient (Wildman–Crippen LogP) is 6.99. The quantitative estimate of drug-likeness (QED) is 0.272. The summed E-state index contributed by atoms with van der Waals surface area (Å²) in [5.74, 6) is 0.615. The van der Waals surface area contributed by atoms with E-state index >= 15 is 0 Å². The zero-order valence-corrected chi connectivity index (χ0v) is 21.2. The van der Waals surface area contributed by atoms with E-state index in [4.69, 9.17) is 25.5 Å². The number of carbonyl (C=O) groups is 1. The normalized spacial score (nSPS) is 11.5. The van der Waals surface area contributed by atoms with Gasteiger partial charge >= 0.3 is 0 Å². The van der Waals surface area contributed by atoms with Gasteiger partial charge in [0.2, 0.25) is 11.2 Å². The molecule has 0 N–H and O–H groups in total. The molecule has 180 valence electrons. The van der Waals surface area contributed by atoms with E-state index in [1.165, 1.54) is 0 Å². The first-order valence-corrected chi connectivity index (χ1v) is 11.6. The van der Waals surface area contributed by atoms with E-state index in [1.54, 1.807) is 43.5 Å². The first-order chi connectivity index (χ1) is 16.6. The van der Waals surface area contributed by atoms with E-state index in [-0.39, 0.29) is 34.7 Å². The summed E-state index contributed by atoms with van der Waals surface area (Å²) in [6, 6.07) is 17.8. The molecule has 0 bridgehead atoms. The molecule has 0 unspecified atom stereocenters. The lowest BCUT2D eigenvalue weighted by Crippen LogP contribution is -2.17. The smallest absolute Gasteiger partial charge is 0.235 e. The number of hydrogen-bond acceptors (Lipinski definition) is 5. The summed E-state index contributed by atoms with van der Waals surface area (Å²) in [5.41, 5.74) is 3.05. The van der Waals surface area contributed by atoms with Crippen molar-refractivity contribution < 1.29 is 18.7 Å². The van der Waals surface area contributed by atoms with Gasteiger partial charge in [0, 0.05) is 16.1 Å². The van der Waals surface area contributed by atoms with Crippen LogP contribution in [0.2, 0.25) is 5.02 Å². The van der Waals surface area contributed by atoms with Crippen molar-refractivity contribution >= 4 is 28.4 Å². The number of halogens is 1. The Kier molecular flexibility index (Phi) is 6.73. The van der Waals surface area contributed by atoms with Crippen molar-refractivity contribution in [3.8, 4) is 22.8 Å². The lowest BCUT2D eigenvalue weighted by Gasteiger charge is -2.19. The Bertz CT molecular complexity index is 1440. The summed E-state index contributed by atoms with van der Waals surface area (Å²) in [4.78, 5) is 26.2. The highest BCUT2D eigenvalue weighted by molar-refractivity contribution is 6.32. The number of rotatable bonds is 6. The number of ether oxygens (including phenoxy) is 2. The van der Waals surface area contributed by atoms with Crippen molar-refractivity contribution in [2.24, 2.45) is 0 Å². The van der Waals surface area contributed by atoms with Crippen LogP contribution in [0.4, 0.5) is 0 Å². The van der Waals surface area contributed by atoms with Gasteiger partial charge in [-0.15, -0.1) is 0 Å². The number of aryl methyl sites for hydroxylation is 1. The van der Waals surface area contributed by atoms with Gasteiger partial charge in [-0.05, 0) is 59.9 Å². The minimum Gasteiger partial charge on any atom is -0.497 e. The number of methoxy groups -OCH3 is 1. The molecule has 4 rings (SSSR count). The standard InChI is InChI=1S/C29H27ClO5/c1-17-14-25-22(15-23(17)30)26(32)28(34-16-24(31)18-8-12-21(33-5)13-9-18)27(35-25)19-6-10-20(11-7-19)29(2,3)4/h6-15H,16H2,1-5H3. The minimum atomic E-state index is -0.384. The van der Waals surface area contributed by atoms with Crippen molar-refractivity contribution in [2.75, 3.05) is 13.7 Å². The molecular weight excluding hydrogens is 464 g/mol. The third-order valence-corrected chi connectivity index (χ3v) is 6.31. The molecule has 6 heteroatoms. The molecule has 0 fully saturated rings. The van der Waals surface area contributed by atoms with Crippen LogP contribution in [0.15, 0.2) is 69.9 Å². The third kappa shape index (κ3) is 5.10. The van der Waals surface area contributed by atoms with Gasteiger partial charge in [0.25, 0.3) is 0 Å². The maximum absolute atomic E-state index is 13.5. The second-order valence-corrected chi connectivity index (χ2v) is 9.86. The molecule has 0 aliphatic rings. The second kappa shape index (κ2) is 9.59. The van der Waals surface area contributed by atoms with Gasteiger partial charge < -0.3 is 13.9 Å². The Balaban J connectivity index is 1.77. The fraction of sp³-hybridized carbons (Fsp3) is 0.241. The van der Waals surface area contributed by atoms with Crippen LogP contribution >= 0.6 is 11.6 Å². The molecule has 3 aromatic carbocycles. The summed E-state index contributed by atoms with van der Waals surface area (Å²) in [5, 5.41) is 0.745. The van der Waals surface area contributed by atoms with Crippen molar-refractivity contribution in [1.82, 2.24) is 0 Å². The molecule has 1 heterocycles. The van der Waals surface area contributed by atoms with E-state index < -0.39 is 0 Å². The molecule has 4 aromatic rings. The summed E-state index contributed by atoms with van der Waals surface area (Å²) in [7, 11) is 1.56. The number of carbonyl (C=O) groups excluding carboxylic acids is 1. The Labute approximate surface area is 209 Å². The molecule has 0 atom stereocenters. The van der Waals surface area contributed by atoms with Crippen LogP contribution in [0.5, 0.6) is 11.5 Å². The monoisotopic (exact) mass is 490 g/mol. The minimum absolute atomic E-state index is 0.0252. The highest BCUT2D eigenvalue weighted by Crippen LogP contribution is 2.34. The average molecular weight is 491 g/mol. The largest absolute Gasteiger partial charge is 0.497 e. The van der Waals surface area contributed by atoms with Crippen LogP contribution < -0.4 is 14.9 Å². The fourth-order valence-electron chi connectivity index (χ4n) is 3.74. The molecule has 1 aromatic heterocycles. The molecule has 0 amide bonds. The molecular formula is C29H27ClO5. The number of fused-ring (bicyclic) bond motifs is 1. The summed E-state index contributed by atoms with van der Waals surface area (Å²) in [6.45, 7) is 7.91. The van der Waals surface area contributed by atoms with E-state index in [0.717, 1.165) is 11.1 Å². The van der Waals surface area contributed by atoms with Crippen molar-refractivity contribution in [3.63, 3.8) is 0 Å². The van der Waals surface area contributed by atoms with E-state index in [0.29, 0.717) is 32.9 Å². The first-order valence-electron chi connectivity index (χ1n) is 11.3. The molecule has 0 saturated carbocycles. The Morgan fingerprint density at radius 1 is 1.00 bits per heavy atom. The number of Topliss-reactive ketones (excluding diaryl/α,β-unsaturated/α-hetero) is 1. The van der Waals surface area contributed by atoms with Crippen molar-refractivity contribution in [1.29, 1.82) is 0 Å². The second-order valence-electron chi connectivity index (χ2n) is 9.45. The molecule has 0 spiro atoms. The highest BCUT2D eigenvalue weighted by Gasteiger charge is 2.21. The van der Waals surface area contributed by atoms with Gasteiger partial charge in [0.05, 0.1) is 12.5 Å². The Hall–Kier alpha value is -3.57. The number of hydrogen-bond donors (Lipinski definition) is 0. The van der Waals surface area contributed by atoms with Crippen LogP contribution in [-0.4, -0.2) is 19.5 Å². The molecule has 5 nitrogen and oxygen atoms in total. The van der Waals surface area contributed by atoms with Gasteiger partial charge in [-0.1, -0.05) is 56.6 Å². The van der Waals surface area contributed by atoms with Crippen LogP contribution in [0.3, 0.4) is 0 Å². The number of ketones is 1. The van der Waals surface area contributed by atoms with Crippen molar-refractivity contribution in [2.45, 2.75) is 33.1 Å². The van der Waals surface area contributed by atoms with Gasteiger partial charge in [0.1, 0.15) is 11.3 Å². The molecule has 0 aliphatic carbocycles. The Morgan fingerprint density at radius 2 is 1.66 bits per heavy atom. The van der Waals surface area contributed by atoms with Crippen LogP contribution in [0.25, 0.3) is 22.3 Å². The highest BCUT2D eigenvalue weighted by atomic mass is 35.5. The Morgan fingerprint density at radius 3 is 2.26 bits per heavy atom. The van der Waals surface area contributed by atoms with Gasteiger partial charge in [-0.2, -0.15) is 0 Å². The molecule has 0 aliphatic heterocycles. The predicted molar refractivity (Wildman–Crippen MR) is 139 cm³/mol. The van der Waals surface area contributed by atoms with Crippen molar-refractivity contribution in [3.05, 3.63) is 92.6 Å². The van der Waals surface area contributed by atoms with Crippen LogP contribution in [-0.2, 0) is 5.41 Å². The summed E-state index contributed by atoms with van der Waals surface area (Å²) < 4.78 is 17.2. The lowest BCUT2D eigenvalue weighted by atomic mass is 9.86. The van der Waals surface area contributed by atoms with E-state index in [1.807, 2.05) is 31.2 Å². The molecule has 0 saturated heterocycles. The maximum atomic E-state index is 13.5. The summed E-state index contributed by atoms with van der Waals surface area (Å²) in [6.07, 6.45) is 0. The van der Waals surface area contributed by atoms with Crippen LogP contribution in [0.1, 0.15) is 42.3 Å². The van der Waals surface area contributed by atoms with Gasteiger partial charge in [-0.25, -0.2) is 0 Å². The topological polar surface area (TPSA) is 65.7 Å². The SMILES string of the molecule is COc1ccc(C(=O)COc2c(-c3ccc(C(C)(C)C)cc3)oc3cc(C)c(Cl)cc3c2=O)cc1. The van der Waals surface area contributed by atoms with E-state index in [2.05, 4.69) is 20.8 Å². The van der Waals surface area contributed by atoms with E-state index in [9.17, 15) is 9.59 Å². The van der Waals surface area contributed by atoms with Crippen LogP contribution in [0, 0.1) is 6.92 Å². The summed E-state index contributed by atoms with van der Waals surface area (Å²) >= 11 is 6.28. The zero-order valence-electron chi connectivity index (χ0n) is 20.4. The average Bonchev–Trinajstić information content (AvgIpc) is 2.84. The molecule has 35 heavy (non-hydrogen) atoms.